The van der Waals surface area contributed by atoms with Crippen LogP contribution < -0.4 is 15.4 Å². The van der Waals surface area contributed by atoms with Crippen LogP contribution in [0.4, 0.5) is 10.8 Å². The molecule has 1 atom stereocenters. The Bertz CT molecular complexity index is 1020. The molecule has 1 unspecified atom stereocenters. The van der Waals surface area contributed by atoms with Crippen molar-refractivity contribution < 1.29 is 14.3 Å². The highest BCUT2D eigenvalue weighted by molar-refractivity contribution is 7.22. The maximum atomic E-state index is 12.4. The fraction of sp³-hybridized carbons (Fsp3) is 0.167. The first-order valence-corrected chi connectivity index (χ1v) is 9.50. The van der Waals surface area contributed by atoms with Gasteiger partial charge in [0.15, 0.2) is 11.2 Å². The lowest BCUT2D eigenvalue weighted by Gasteiger charge is -2.14. The molecule has 3 aromatic rings. The molecule has 9 heteroatoms. The molecule has 0 saturated carbocycles. The van der Waals surface area contributed by atoms with Crippen molar-refractivity contribution in [3.05, 3.63) is 46.4 Å². The molecule has 0 spiro atoms. The van der Waals surface area contributed by atoms with Crippen molar-refractivity contribution in [2.75, 3.05) is 10.6 Å². The van der Waals surface area contributed by atoms with Gasteiger partial charge in [0.05, 0.1) is 15.2 Å². The highest BCUT2D eigenvalue weighted by Gasteiger charge is 2.18. The Balaban J connectivity index is 1.70. The number of anilines is 2. The maximum absolute atomic E-state index is 12.4. The van der Waals surface area contributed by atoms with Gasteiger partial charge in [-0.15, -0.1) is 0 Å². The summed E-state index contributed by atoms with van der Waals surface area (Å²) in [6.45, 7) is 3.05. The Kier molecular flexibility index (Phi) is 5.84. The quantitative estimate of drug-likeness (QED) is 0.606. The van der Waals surface area contributed by atoms with E-state index >= 15 is 0 Å². The van der Waals surface area contributed by atoms with Gasteiger partial charge in [0, 0.05) is 17.6 Å². The van der Waals surface area contributed by atoms with Gasteiger partial charge in [-0.25, -0.2) is 4.98 Å². The van der Waals surface area contributed by atoms with E-state index in [1.54, 1.807) is 43.3 Å². The first-order valence-electron chi connectivity index (χ1n) is 7.92. The monoisotopic (exact) mass is 423 g/mol. The minimum atomic E-state index is -0.786. The number of aromatic nitrogens is 1. The molecule has 2 aromatic carbocycles. The largest absolute Gasteiger partial charge is 0.479 e. The summed E-state index contributed by atoms with van der Waals surface area (Å²) >= 11 is 13.2. The second-order valence-electron chi connectivity index (χ2n) is 5.71. The van der Waals surface area contributed by atoms with Gasteiger partial charge in [-0.3, -0.25) is 14.9 Å². The zero-order valence-electron chi connectivity index (χ0n) is 14.4. The van der Waals surface area contributed by atoms with Crippen LogP contribution in [0, 0.1) is 0 Å². The molecule has 2 N–H and O–H groups in total. The number of nitrogens with zero attached hydrogens (tertiary/aromatic N) is 1. The van der Waals surface area contributed by atoms with E-state index in [9.17, 15) is 9.59 Å². The number of fused-ring (bicyclic) bond motifs is 1. The lowest BCUT2D eigenvalue weighted by atomic mass is 10.3. The van der Waals surface area contributed by atoms with Crippen molar-refractivity contribution >= 4 is 67.4 Å². The van der Waals surface area contributed by atoms with Crippen LogP contribution >= 0.6 is 34.5 Å². The topological polar surface area (TPSA) is 80.3 Å². The van der Waals surface area contributed by atoms with Gasteiger partial charge in [-0.05, 0) is 43.3 Å². The minimum Gasteiger partial charge on any atom is -0.479 e. The van der Waals surface area contributed by atoms with E-state index in [0.717, 1.165) is 10.2 Å². The predicted molar refractivity (Wildman–Crippen MR) is 109 cm³/mol. The molecule has 27 heavy (non-hydrogen) atoms. The van der Waals surface area contributed by atoms with E-state index in [0.29, 0.717) is 26.6 Å². The highest BCUT2D eigenvalue weighted by atomic mass is 35.5. The molecule has 0 fully saturated rings. The molecule has 3 rings (SSSR count). The van der Waals surface area contributed by atoms with E-state index in [1.807, 2.05) is 0 Å². The summed E-state index contributed by atoms with van der Waals surface area (Å²) in [6.07, 6.45) is -0.786. The van der Waals surface area contributed by atoms with Crippen LogP contribution in [0.3, 0.4) is 0 Å². The SMILES string of the molecule is CC(=O)Nc1ccc2nc(NC(=O)C(C)Oc3ccc(Cl)cc3Cl)sc2c1. The number of ether oxygens (including phenoxy) is 1. The molecular weight excluding hydrogens is 409 g/mol. The molecular formula is C18H15Cl2N3O3S. The molecule has 0 aliphatic carbocycles. The van der Waals surface area contributed by atoms with Crippen molar-refractivity contribution in [1.82, 2.24) is 4.98 Å². The van der Waals surface area contributed by atoms with Crippen LogP contribution in [-0.4, -0.2) is 22.9 Å². The number of hydrogen-bond acceptors (Lipinski definition) is 5. The zero-order chi connectivity index (χ0) is 19.6. The summed E-state index contributed by atoms with van der Waals surface area (Å²) in [7, 11) is 0. The number of amides is 2. The van der Waals surface area contributed by atoms with Gasteiger partial charge < -0.3 is 10.1 Å². The number of halogens is 2. The highest BCUT2D eigenvalue weighted by Crippen LogP contribution is 2.30. The van der Waals surface area contributed by atoms with Gasteiger partial charge in [0.25, 0.3) is 5.91 Å². The van der Waals surface area contributed by atoms with Gasteiger partial charge in [-0.1, -0.05) is 34.5 Å². The first kappa shape index (κ1) is 19.4. The Hall–Kier alpha value is -2.35. The summed E-state index contributed by atoms with van der Waals surface area (Å²) < 4.78 is 6.44. The first-order chi connectivity index (χ1) is 12.8. The number of benzene rings is 2. The summed E-state index contributed by atoms with van der Waals surface area (Å²) in [5.74, 6) is -0.144. The van der Waals surface area contributed by atoms with Crippen LogP contribution in [0.25, 0.3) is 10.2 Å². The molecule has 0 aliphatic rings. The van der Waals surface area contributed by atoms with Gasteiger partial charge >= 0.3 is 0 Å². The van der Waals surface area contributed by atoms with E-state index in [4.69, 9.17) is 27.9 Å². The molecule has 1 aromatic heterocycles. The normalized spacial score (nSPS) is 11.9. The number of nitrogens with one attached hydrogen (secondary N) is 2. The molecule has 0 saturated heterocycles. The molecule has 0 aliphatic heterocycles. The van der Waals surface area contributed by atoms with Crippen LogP contribution in [0.2, 0.25) is 10.0 Å². The smallest absolute Gasteiger partial charge is 0.266 e. The summed E-state index contributed by atoms with van der Waals surface area (Å²) in [4.78, 5) is 27.9. The van der Waals surface area contributed by atoms with Crippen molar-refractivity contribution in [1.29, 1.82) is 0 Å². The summed E-state index contributed by atoms with van der Waals surface area (Å²) in [6, 6.07) is 10.1. The Morgan fingerprint density at radius 3 is 2.63 bits per heavy atom. The molecule has 1 heterocycles. The maximum Gasteiger partial charge on any atom is 0.266 e. The number of hydrogen-bond donors (Lipinski definition) is 2. The van der Waals surface area contributed by atoms with Crippen molar-refractivity contribution in [3.63, 3.8) is 0 Å². The van der Waals surface area contributed by atoms with Crippen LogP contribution in [0.15, 0.2) is 36.4 Å². The Labute approximate surface area is 169 Å². The Morgan fingerprint density at radius 1 is 1.15 bits per heavy atom. The van der Waals surface area contributed by atoms with Crippen molar-refractivity contribution in [3.8, 4) is 5.75 Å². The van der Waals surface area contributed by atoms with Crippen molar-refractivity contribution in [2.24, 2.45) is 0 Å². The minimum absolute atomic E-state index is 0.153. The lowest BCUT2D eigenvalue weighted by molar-refractivity contribution is -0.122. The fourth-order valence-electron chi connectivity index (χ4n) is 2.28. The van der Waals surface area contributed by atoms with Gasteiger partial charge in [0.2, 0.25) is 5.91 Å². The summed E-state index contributed by atoms with van der Waals surface area (Å²) in [5, 5.41) is 6.69. The molecule has 140 valence electrons. The number of carbonyl (C=O) groups is 2. The average Bonchev–Trinajstić information content (AvgIpc) is 2.98. The average molecular weight is 424 g/mol. The lowest BCUT2D eigenvalue weighted by Crippen LogP contribution is -2.30. The van der Waals surface area contributed by atoms with E-state index in [-0.39, 0.29) is 11.8 Å². The second-order valence-corrected chi connectivity index (χ2v) is 7.58. The third kappa shape index (κ3) is 4.88. The third-order valence-corrected chi connectivity index (χ3v) is 4.97. The standard InChI is InChI=1S/C18H15Cl2N3O3S/c1-9(26-15-6-3-11(19)7-13(15)20)17(25)23-18-22-14-5-4-12(21-10(2)24)8-16(14)27-18/h3-9H,1-2H3,(H,21,24)(H,22,23,25). The number of rotatable bonds is 5. The molecule has 0 radical (unpaired) electrons. The van der Waals surface area contributed by atoms with E-state index < -0.39 is 6.10 Å². The van der Waals surface area contributed by atoms with E-state index in [1.165, 1.54) is 18.3 Å². The summed E-state index contributed by atoms with van der Waals surface area (Å²) in [5.41, 5.74) is 1.39. The zero-order valence-corrected chi connectivity index (χ0v) is 16.7. The number of thiazole rings is 1. The van der Waals surface area contributed by atoms with Crippen molar-refractivity contribution in [2.45, 2.75) is 20.0 Å². The van der Waals surface area contributed by atoms with Gasteiger partial charge in [-0.2, -0.15) is 0 Å². The van der Waals surface area contributed by atoms with Crippen LogP contribution in [0.5, 0.6) is 5.75 Å². The molecule has 6 nitrogen and oxygen atoms in total. The second kappa shape index (κ2) is 8.12. The third-order valence-electron chi connectivity index (χ3n) is 3.51. The molecule has 2 amide bonds. The Morgan fingerprint density at radius 2 is 1.93 bits per heavy atom. The van der Waals surface area contributed by atoms with Crippen LogP contribution in [0.1, 0.15) is 13.8 Å². The number of carbonyl (C=O) groups excluding carboxylic acids is 2. The predicted octanol–water partition coefficient (Wildman–Crippen LogP) is 4.97. The van der Waals surface area contributed by atoms with E-state index in [2.05, 4.69) is 15.6 Å². The fourth-order valence-corrected chi connectivity index (χ4v) is 3.64. The molecule has 0 bridgehead atoms. The van der Waals surface area contributed by atoms with Crippen LogP contribution in [-0.2, 0) is 9.59 Å². The van der Waals surface area contributed by atoms with Gasteiger partial charge in [0.1, 0.15) is 5.75 Å².